The predicted molar refractivity (Wildman–Crippen MR) is 90.4 cm³/mol. The maximum absolute atomic E-state index is 12.1. The number of hydrogen-bond donors (Lipinski definition) is 1. The Labute approximate surface area is 140 Å². The molecule has 1 amide bonds. The summed E-state index contributed by atoms with van der Waals surface area (Å²) in [6.07, 6.45) is 9.45. The van der Waals surface area contributed by atoms with Gasteiger partial charge in [0.1, 0.15) is 12.2 Å². The van der Waals surface area contributed by atoms with Gasteiger partial charge < -0.3 is 9.73 Å². The van der Waals surface area contributed by atoms with Crippen LogP contribution in [0, 0.1) is 0 Å². The molecule has 0 radical (unpaired) electrons. The van der Waals surface area contributed by atoms with E-state index in [2.05, 4.69) is 16.5 Å². The van der Waals surface area contributed by atoms with Crippen LogP contribution in [0.15, 0.2) is 51.4 Å². The Morgan fingerprint density at radius 1 is 1.29 bits per heavy atom. The standard InChI is InChI=1S/C18H21N3O3/c22-17(19-11-10-14-5-2-1-3-6-14)13-21-18(23)9-8-15(20-21)16-7-4-12-24-16/h4-5,7-9,12H,1-3,6,10-11,13H2,(H,19,22). The molecule has 0 saturated heterocycles. The van der Waals surface area contributed by atoms with E-state index in [1.165, 1.54) is 24.5 Å². The first kappa shape index (κ1) is 16.2. The fourth-order valence-corrected chi connectivity index (χ4v) is 2.80. The Morgan fingerprint density at radius 3 is 2.96 bits per heavy atom. The molecule has 0 aromatic carbocycles. The van der Waals surface area contributed by atoms with Crippen molar-refractivity contribution in [3.8, 4) is 11.5 Å². The predicted octanol–water partition coefficient (Wildman–Crippen LogP) is 2.51. The summed E-state index contributed by atoms with van der Waals surface area (Å²) in [5, 5.41) is 7.05. The number of hydrogen-bond acceptors (Lipinski definition) is 4. The van der Waals surface area contributed by atoms with Gasteiger partial charge in [-0.25, -0.2) is 4.68 Å². The molecule has 126 valence electrons. The molecule has 24 heavy (non-hydrogen) atoms. The number of aromatic nitrogens is 2. The van der Waals surface area contributed by atoms with Gasteiger partial charge in [0.15, 0.2) is 5.76 Å². The Morgan fingerprint density at radius 2 is 2.21 bits per heavy atom. The number of allylic oxidation sites excluding steroid dienone is 1. The van der Waals surface area contributed by atoms with Crippen molar-refractivity contribution in [1.82, 2.24) is 15.1 Å². The van der Waals surface area contributed by atoms with Crippen LogP contribution in [-0.4, -0.2) is 22.2 Å². The summed E-state index contributed by atoms with van der Waals surface area (Å²) in [4.78, 5) is 23.9. The second-order valence-corrected chi connectivity index (χ2v) is 5.90. The van der Waals surface area contributed by atoms with Crippen molar-refractivity contribution in [3.63, 3.8) is 0 Å². The average Bonchev–Trinajstić information content (AvgIpc) is 3.12. The smallest absolute Gasteiger partial charge is 0.267 e. The second kappa shape index (κ2) is 7.77. The fraction of sp³-hybridized carbons (Fsp3) is 0.389. The van der Waals surface area contributed by atoms with Crippen LogP contribution in [0.2, 0.25) is 0 Å². The summed E-state index contributed by atoms with van der Waals surface area (Å²) in [5.41, 5.74) is 1.63. The first-order valence-corrected chi connectivity index (χ1v) is 8.29. The van der Waals surface area contributed by atoms with Crippen LogP contribution >= 0.6 is 0 Å². The number of carbonyl (C=O) groups is 1. The zero-order valence-electron chi connectivity index (χ0n) is 13.5. The van der Waals surface area contributed by atoms with Crippen molar-refractivity contribution in [3.05, 3.63) is 52.5 Å². The number of furan rings is 1. The highest BCUT2D eigenvalue weighted by Crippen LogP contribution is 2.19. The van der Waals surface area contributed by atoms with E-state index in [0.717, 1.165) is 23.9 Å². The van der Waals surface area contributed by atoms with Gasteiger partial charge in [0.2, 0.25) is 5.91 Å². The summed E-state index contributed by atoms with van der Waals surface area (Å²) >= 11 is 0. The third kappa shape index (κ3) is 4.22. The van der Waals surface area contributed by atoms with Crippen LogP contribution in [0.25, 0.3) is 11.5 Å². The van der Waals surface area contributed by atoms with Gasteiger partial charge in [-0.1, -0.05) is 11.6 Å². The van der Waals surface area contributed by atoms with Crippen LogP contribution in [-0.2, 0) is 11.3 Å². The lowest BCUT2D eigenvalue weighted by Crippen LogP contribution is -2.34. The van der Waals surface area contributed by atoms with Gasteiger partial charge in [-0.3, -0.25) is 9.59 Å². The molecule has 0 saturated carbocycles. The van der Waals surface area contributed by atoms with E-state index in [-0.39, 0.29) is 18.0 Å². The van der Waals surface area contributed by atoms with Crippen LogP contribution < -0.4 is 10.9 Å². The van der Waals surface area contributed by atoms with Crippen LogP contribution in [0.1, 0.15) is 32.1 Å². The Hall–Kier alpha value is -2.63. The van der Waals surface area contributed by atoms with Crippen molar-refractivity contribution in [2.45, 2.75) is 38.6 Å². The molecule has 3 rings (SSSR count). The molecular weight excluding hydrogens is 306 g/mol. The molecule has 6 nitrogen and oxygen atoms in total. The topological polar surface area (TPSA) is 77.1 Å². The van der Waals surface area contributed by atoms with E-state index >= 15 is 0 Å². The number of rotatable bonds is 6. The lowest BCUT2D eigenvalue weighted by Gasteiger charge is -2.13. The van der Waals surface area contributed by atoms with E-state index in [1.54, 1.807) is 24.5 Å². The molecule has 0 atom stereocenters. The van der Waals surface area contributed by atoms with Crippen molar-refractivity contribution in [2.75, 3.05) is 6.54 Å². The van der Waals surface area contributed by atoms with Crippen LogP contribution in [0.4, 0.5) is 0 Å². The van der Waals surface area contributed by atoms with E-state index in [0.29, 0.717) is 18.0 Å². The minimum Gasteiger partial charge on any atom is -0.463 e. The van der Waals surface area contributed by atoms with E-state index < -0.39 is 0 Å². The Balaban J connectivity index is 1.56. The minimum atomic E-state index is -0.310. The van der Waals surface area contributed by atoms with Crippen LogP contribution in [0.5, 0.6) is 0 Å². The largest absolute Gasteiger partial charge is 0.463 e. The zero-order chi connectivity index (χ0) is 16.8. The van der Waals surface area contributed by atoms with Crippen molar-refractivity contribution < 1.29 is 9.21 Å². The first-order valence-electron chi connectivity index (χ1n) is 8.29. The molecule has 2 aromatic rings. The zero-order valence-corrected chi connectivity index (χ0v) is 13.5. The monoisotopic (exact) mass is 327 g/mol. The third-order valence-electron chi connectivity index (χ3n) is 4.09. The molecule has 1 N–H and O–H groups in total. The van der Waals surface area contributed by atoms with Gasteiger partial charge in [-0.15, -0.1) is 0 Å². The second-order valence-electron chi connectivity index (χ2n) is 5.90. The highest BCUT2D eigenvalue weighted by atomic mass is 16.3. The quantitative estimate of drug-likeness (QED) is 0.827. The molecule has 0 spiro atoms. The third-order valence-corrected chi connectivity index (χ3v) is 4.09. The summed E-state index contributed by atoms with van der Waals surface area (Å²) in [6.45, 7) is 0.504. The highest BCUT2D eigenvalue weighted by molar-refractivity contribution is 5.75. The molecule has 1 aliphatic carbocycles. The van der Waals surface area contributed by atoms with E-state index in [1.807, 2.05) is 0 Å². The summed E-state index contributed by atoms with van der Waals surface area (Å²) in [7, 11) is 0. The molecule has 0 bridgehead atoms. The SMILES string of the molecule is O=C(Cn1nc(-c2ccco2)ccc1=O)NCCC1=CCCCC1. The van der Waals surface area contributed by atoms with Gasteiger partial charge in [0.25, 0.3) is 5.56 Å². The maximum Gasteiger partial charge on any atom is 0.267 e. The van der Waals surface area contributed by atoms with Crippen molar-refractivity contribution in [1.29, 1.82) is 0 Å². The van der Waals surface area contributed by atoms with Gasteiger partial charge >= 0.3 is 0 Å². The minimum absolute atomic E-state index is 0.0908. The average molecular weight is 327 g/mol. The van der Waals surface area contributed by atoms with Crippen LogP contribution in [0.3, 0.4) is 0 Å². The Kier molecular flexibility index (Phi) is 5.25. The number of amides is 1. The molecule has 1 aliphatic rings. The van der Waals surface area contributed by atoms with Gasteiger partial charge in [0.05, 0.1) is 6.26 Å². The number of carbonyl (C=O) groups excluding carboxylic acids is 1. The van der Waals surface area contributed by atoms with Gasteiger partial charge in [-0.05, 0) is 50.3 Å². The van der Waals surface area contributed by atoms with Gasteiger partial charge in [-0.2, -0.15) is 5.10 Å². The summed E-state index contributed by atoms with van der Waals surface area (Å²) < 4.78 is 6.43. The maximum atomic E-state index is 12.1. The van der Waals surface area contributed by atoms with E-state index in [4.69, 9.17) is 4.42 Å². The lowest BCUT2D eigenvalue weighted by atomic mass is 9.97. The van der Waals surface area contributed by atoms with E-state index in [9.17, 15) is 9.59 Å². The normalized spacial score (nSPS) is 14.2. The van der Waals surface area contributed by atoms with Gasteiger partial charge in [0, 0.05) is 12.6 Å². The molecular formula is C18H21N3O3. The number of nitrogens with one attached hydrogen (secondary N) is 1. The molecule has 0 aliphatic heterocycles. The Bertz CT molecular complexity index is 775. The molecule has 6 heteroatoms. The van der Waals surface area contributed by atoms with Crippen molar-refractivity contribution >= 4 is 5.91 Å². The number of nitrogens with zero attached hydrogens (tertiary/aromatic N) is 2. The fourth-order valence-electron chi connectivity index (χ4n) is 2.80. The van der Waals surface area contributed by atoms with Crippen molar-refractivity contribution in [2.24, 2.45) is 0 Å². The lowest BCUT2D eigenvalue weighted by molar-refractivity contribution is -0.121. The molecule has 0 unspecified atom stereocenters. The summed E-state index contributed by atoms with van der Waals surface area (Å²) in [5.74, 6) is 0.353. The summed E-state index contributed by atoms with van der Waals surface area (Å²) in [6, 6.07) is 6.49. The first-order chi connectivity index (χ1) is 11.7. The molecule has 0 fully saturated rings. The molecule has 2 heterocycles. The highest BCUT2D eigenvalue weighted by Gasteiger charge is 2.10. The molecule has 2 aromatic heterocycles.